The number of nitrogens with zero attached hydrogens (tertiary/aromatic N) is 1. The summed E-state index contributed by atoms with van der Waals surface area (Å²) in [4.78, 5) is 11.8. The Hall–Kier alpha value is -2.83. The Labute approximate surface area is 150 Å². The third-order valence-electron chi connectivity index (χ3n) is 3.77. The fourth-order valence-electron chi connectivity index (χ4n) is 2.22. The van der Waals surface area contributed by atoms with Crippen molar-refractivity contribution in [2.24, 2.45) is 5.10 Å². The number of amides is 1. The van der Waals surface area contributed by atoms with Crippen molar-refractivity contribution in [3.63, 3.8) is 0 Å². The van der Waals surface area contributed by atoms with E-state index < -0.39 is 17.6 Å². The molecule has 26 heavy (non-hydrogen) atoms. The molecule has 4 nitrogen and oxygen atoms in total. The normalized spacial score (nSPS) is 12.0. The van der Waals surface area contributed by atoms with Crippen molar-refractivity contribution in [3.05, 3.63) is 65.2 Å². The average molecular weight is 363 g/mol. The van der Waals surface area contributed by atoms with Crippen LogP contribution in [-0.4, -0.2) is 18.2 Å². The first kappa shape index (κ1) is 19.5. The van der Waals surface area contributed by atoms with Crippen LogP contribution < -0.4 is 10.7 Å². The van der Waals surface area contributed by atoms with Crippen LogP contribution in [0.2, 0.25) is 0 Å². The van der Waals surface area contributed by atoms with Gasteiger partial charge in [-0.25, -0.2) is 5.43 Å². The van der Waals surface area contributed by atoms with Crippen molar-refractivity contribution < 1.29 is 18.0 Å². The van der Waals surface area contributed by atoms with E-state index in [4.69, 9.17) is 0 Å². The van der Waals surface area contributed by atoms with Gasteiger partial charge in [-0.1, -0.05) is 37.3 Å². The van der Waals surface area contributed by atoms with Gasteiger partial charge in [-0.3, -0.25) is 4.79 Å². The molecule has 0 saturated carbocycles. The van der Waals surface area contributed by atoms with E-state index >= 15 is 0 Å². The maximum Gasteiger partial charge on any atom is 0.416 e. The Morgan fingerprint density at radius 3 is 2.42 bits per heavy atom. The lowest BCUT2D eigenvalue weighted by Gasteiger charge is -2.10. The standard InChI is InChI=1S/C19H20F3N3O/c1-3-14-7-9-15(10-8-14)13(2)24-25-18(26)12-23-17-6-4-5-16(11-17)19(20,21)22/h4-11,23H,3,12H2,1-2H3,(H,25,26)/b24-13-. The number of carbonyl (C=O) groups excluding carboxylic acids is 1. The van der Waals surface area contributed by atoms with Gasteiger partial charge in [0.25, 0.3) is 5.91 Å². The number of anilines is 1. The van der Waals surface area contributed by atoms with E-state index in [1.54, 1.807) is 6.92 Å². The minimum Gasteiger partial charge on any atom is -0.376 e. The number of carbonyl (C=O) groups is 1. The average Bonchev–Trinajstić information content (AvgIpc) is 2.64. The van der Waals surface area contributed by atoms with Crippen molar-refractivity contribution in [1.29, 1.82) is 0 Å². The lowest BCUT2D eigenvalue weighted by Crippen LogP contribution is -2.26. The number of rotatable bonds is 6. The smallest absolute Gasteiger partial charge is 0.376 e. The number of aryl methyl sites for hydroxylation is 1. The van der Waals surface area contributed by atoms with Crippen LogP contribution in [0.4, 0.5) is 18.9 Å². The fraction of sp³-hybridized carbons (Fsp3) is 0.263. The fourth-order valence-corrected chi connectivity index (χ4v) is 2.22. The first-order chi connectivity index (χ1) is 12.3. The van der Waals surface area contributed by atoms with E-state index in [2.05, 4.69) is 22.8 Å². The van der Waals surface area contributed by atoms with Crippen molar-refractivity contribution in [2.45, 2.75) is 26.4 Å². The van der Waals surface area contributed by atoms with Gasteiger partial charge < -0.3 is 5.32 Å². The van der Waals surface area contributed by atoms with Gasteiger partial charge in [0.15, 0.2) is 0 Å². The first-order valence-electron chi connectivity index (χ1n) is 8.13. The van der Waals surface area contributed by atoms with Crippen molar-refractivity contribution >= 4 is 17.3 Å². The SMILES string of the molecule is CCc1ccc(/C(C)=N\NC(=O)CNc2cccc(C(F)(F)F)c2)cc1. The number of nitrogens with one attached hydrogen (secondary N) is 2. The van der Waals surface area contributed by atoms with Crippen LogP contribution in [0.5, 0.6) is 0 Å². The summed E-state index contributed by atoms with van der Waals surface area (Å²) in [6.45, 7) is 3.64. The summed E-state index contributed by atoms with van der Waals surface area (Å²) in [7, 11) is 0. The highest BCUT2D eigenvalue weighted by Crippen LogP contribution is 2.30. The summed E-state index contributed by atoms with van der Waals surface area (Å²) in [5, 5.41) is 6.67. The molecule has 0 spiro atoms. The maximum atomic E-state index is 12.7. The number of alkyl halides is 3. The van der Waals surface area contributed by atoms with Gasteiger partial charge in [0.2, 0.25) is 0 Å². The molecule has 1 amide bonds. The van der Waals surface area contributed by atoms with Crippen LogP contribution in [0.1, 0.15) is 30.5 Å². The predicted molar refractivity (Wildman–Crippen MR) is 96.1 cm³/mol. The molecule has 0 radical (unpaired) electrons. The van der Waals surface area contributed by atoms with Crippen LogP contribution in [0.15, 0.2) is 53.6 Å². The van der Waals surface area contributed by atoms with Gasteiger partial charge in [-0.15, -0.1) is 0 Å². The molecule has 0 heterocycles. The molecule has 7 heteroatoms. The third kappa shape index (κ3) is 5.61. The highest BCUT2D eigenvalue weighted by Gasteiger charge is 2.30. The molecular weight excluding hydrogens is 343 g/mol. The Morgan fingerprint density at radius 1 is 1.12 bits per heavy atom. The molecule has 0 saturated heterocycles. The number of halogens is 3. The molecule has 0 atom stereocenters. The number of hydrogen-bond acceptors (Lipinski definition) is 3. The number of benzene rings is 2. The summed E-state index contributed by atoms with van der Waals surface area (Å²) < 4.78 is 38.0. The molecular formula is C19H20F3N3O. The zero-order chi connectivity index (χ0) is 19.2. The quantitative estimate of drug-likeness (QED) is 0.596. The highest BCUT2D eigenvalue weighted by molar-refractivity contribution is 5.99. The minimum absolute atomic E-state index is 0.188. The molecule has 0 bridgehead atoms. The van der Waals surface area contributed by atoms with Crippen LogP contribution in [0, 0.1) is 0 Å². The number of hydrazone groups is 1. The molecule has 0 aliphatic heterocycles. The maximum absolute atomic E-state index is 12.7. The molecule has 2 N–H and O–H groups in total. The van der Waals surface area contributed by atoms with Crippen molar-refractivity contribution in [1.82, 2.24) is 5.43 Å². The van der Waals surface area contributed by atoms with E-state index in [1.165, 1.54) is 17.7 Å². The Bertz CT molecular complexity index is 783. The van der Waals surface area contributed by atoms with E-state index in [0.29, 0.717) is 5.71 Å². The molecule has 138 valence electrons. The summed E-state index contributed by atoms with van der Waals surface area (Å²) >= 11 is 0. The summed E-state index contributed by atoms with van der Waals surface area (Å²) in [5.74, 6) is -0.452. The first-order valence-corrected chi connectivity index (χ1v) is 8.13. The number of hydrogen-bond donors (Lipinski definition) is 2. The molecule has 0 aliphatic rings. The minimum atomic E-state index is -4.42. The van der Waals surface area contributed by atoms with Crippen LogP contribution in [-0.2, 0) is 17.4 Å². The summed E-state index contributed by atoms with van der Waals surface area (Å²) in [5.41, 5.74) is 4.56. The zero-order valence-corrected chi connectivity index (χ0v) is 14.5. The predicted octanol–water partition coefficient (Wildman–Crippen LogP) is 4.22. The lowest BCUT2D eigenvalue weighted by atomic mass is 10.1. The van der Waals surface area contributed by atoms with Crippen LogP contribution >= 0.6 is 0 Å². The van der Waals surface area contributed by atoms with E-state index in [9.17, 15) is 18.0 Å². The van der Waals surface area contributed by atoms with E-state index in [1.807, 2.05) is 24.3 Å². The topological polar surface area (TPSA) is 53.5 Å². The molecule has 0 aromatic heterocycles. The molecule has 2 aromatic rings. The van der Waals surface area contributed by atoms with Crippen LogP contribution in [0.3, 0.4) is 0 Å². The third-order valence-corrected chi connectivity index (χ3v) is 3.77. The van der Waals surface area contributed by atoms with E-state index in [-0.39, 0.29) is 12.2 Å². The van der Waals surface area contributed by atoms with Crippen LogP contribution in [0.25, 0.3) is 0 Å². The second-order valence-corrected chi connectivity index (χ2v) is 5.71. The Morgan fingerprint density at radius 2 is 1.81 bits per heavy atom. The lowest BCUT2D eigenvalue weighted by molar-refractivity contribution is -0.137. The van der Waals surface area contributed by atoms with Crippen molar-refractivity contribution in [3.8, 4) is 0 Å². The zero-order valence-electron chi connectivity index (χ0n) is 14.5. The molecule has 0 fully saturated rings. The summed E-state index contributed by atoms with van der Waals surface area (Å²) in [6, 6.07) is 12.5. The highest BCUT2D eigenvalue weighted by atomic mass is 19.4. The molecule has 2 rings (SSSR count). The Kier molecular flexibility index (Phi) is 6.38. The van der Waals surface area contributed by atoms with Gasteiger partial charge in [-0.2, -0.15) is 18.3 Å². The monoisotopic (exact) mass is 363 g/mol. The van der Waals surface area contributed by atoms with Gasteiger partial charge in [0.05, 0.1) is 17.8 Å². The molecule has 2 aromatic carbocycles. The Balaban J connectivity index is 1.90. The van der Waals surface area contributed by atoms with Crippen molar-refractivity contribution in [2.75, 3.05) is 11.9 Å². The second-order valence-electron chi connectivity index (χ2n) is 5.71. The second kappa shape index (κ2) is 8.51. The van der Waals surface area contributed by atoms with Gasteiger partial charge in [0.1, 0.15) is 0 Å². The molecule has 0 unspecified atom stereocenters. The van der Waals surface area contributed by atoms with E-state index in [0.717, 1.165) is 24.1 Å². The van der Waals surface area contributed by atoms with Gasteiger partial charge in [-0.05, 0) is 42.7 Å². The summed E-state index contributed by atoms with van der Waals surface area (Å²) in [6.07, 6.45) is -3.48. The largest absolute Gasteiger partial charge is 0.416 e. The van der Waals surface area contributed by atoms with Gasteiger partial charge in [0, 0.05) is 5.69 Å². The molecule has 0 aliphatic carbocycles. The van der Waals surface area contributed by atoms with Gasteiger partial charge >= 0.3 is 6.18 Å².